The Bertz CT molecular complexity index is 738. The minimum atomic E-state index is -0.755. The first-order chi connectivity index (χ1) is 11.9. The van der Waals surface area contributed by atoms with Crippen LogP contribution >= 0.6 is 0 Å². The number of carbonyl (C=O) groups is 4. The number of nitrogens with one attached hydrogen (secondary N) is 2. The predicted molar refractivity (Wildman–Crippen MR) is 91.1 cm³/mol. The Kier molecular flexibility index (Phi) is 4.57. The van der Waals surface area contributed by atoms with Crippen LogP contribution in [0.25, 0.3) is 0 Å². The van der Waals surface area contributed by atoms with Crippen LogP contribution in [0.4, 0.5) is 10.5 Å². The van der Waals surface area contributed by atoms with Gasteiger partial charge in [0.25, 0.3) is 5.91 Å². The summed E-state index contributed by atoms with van der Waals surface area (Å²) >= 11 is 0. The van der Waals surface area contributed by atoms with Gasteiger partial charge in [-0.2, -0.15) is 0 Å². The van der Waals surface area contributed by atoms with E-state index in [9.17, 15) is 19.2 Å². The van der Waals surface area contributed by atoms with Crippen molar-refractivity contribution in [3.05, 3.63) is 29.8 Å². The van der Waals surface area contributed by atoms with Crippen molar-refractivity contribution >= 4 is 29.3 Å². The average molecular weight is 343 g/mol. The van der Waals surface area contributed by atoms with Crippen LogP contribution in [0.3, 0.4) is 0 Å². The molecule has 1 heterocycles. The fourth-order valence-corrected chi connectivity index (χ4v) is 3.52. The Balaban J connectivity index is 1.61. The first-order valence-electron chi connectivity index (χ1n) is 8.47. The topological polar surface area (TPSA) is 95.6 Å². The third-order valence-corrected chi connectivity index (χ3v) is 4.85. The number of amides is 4. The lowest BCUT2D eigenvalue weighted by molar-refractivity contribution is -0.131. The molecule has 3 rings (SSSR count). The van der Waals surface area contributed by atoms with Crippen molar-refractivity contribution in [2.24, 2.45) is 0 Å². The van der Waals surface area contributed by atoms with E-state index in [2.05, 4.69) is 10.6 Å². The molecule has 0 radical (unpaired) electrons. The molecule has 0 aromatic heterocycles. The Morgan fingerprint density at radius 1 is 1.20 bits per heavy atom. The van der Waals surface area contributed by atoms with Crippen LogP contribution in [0.2, 0.25) is 0 Å². The zero-order chi connectivity index (χ0) is 18.0. The molecule has 1 aromatic carbocycles. The summed E-state index contributed by atoms with van der Waals surface area (Å²) in [7, 11) is 0. The molecular weight excluding hydrogens is 322 g/mol. The van der Waals surface area contributed by atoms with Crippen LogP contribution in [0.1, 0.15) is 49.4 Å². The molecule has 1 aromatic rings. The number of carbonyl (C=O) groups excluding carboxylic acids is 4. The van der Waals surface area contributed by atoms with Crippen molar-refractivity contribution in [2.45, 2.75) is 44.6 Å². The van der Waals surface area contributed by atoms with E-state index < -0.39 is 11.6 Å². The van der Waals surface area contributed by atoms with Gasteiger partial charge >= 0.3 is 6.03 Å². The van der Waals surface area contributed by atoms with Gasteiger partial charge in [0.1, 0.15) is 5.54 Å². The van der Waals surface area contributed by atoms with E-state index in [-0.39, 0.29) is 30.6 Å². The van der Waals surface area contributed by atoms with E-state index in [1.165, 1.54) is 6.92 Å². The quantitative estimate of drug-likeness (QED) is 0.632. The maximum absolute atomic E-state index is 12.5. The average Bonchev–Trinajstić information content (AvgIpc) is 3.12. The van der Waals surface area contributed by atoms with E-state index in [0.29, 0.717) is 24.1 Å². The summed E-state index contributed by atoms with van der Waals surface area (Å²) in [6.45, 7) is 1.46. The van der Waals surface area contributed by atoms with Gasteiger partial charge in [-0.1, -0.05) is 25.0 Å². The number of ketones is 1. The van der Waals surface area contributed by atoms with Crippen molar-refractivity contribution in [2.75, 3.05) is 11.9 Å². The normalized spacial score (nSPS) is 18.5. The molecule has 7 nitrogen and oxygen atoms in total. The summed E-state index contributed by atoms with van der Waals surface area (Å²) in [6, 6.07) is 6.31. The summed E-state index contributed by atoms with van der Waals surface area (Å²) in [5, 5.41) is 5.46. The maximum atomic E-state index is 12.5. The molecule has 1 saturated heterocycles. The third-order valence-electron chi connectivity index (χ3n) is 4.85. The predicted octanol–water partition coefficient (Wildman–Crippen LogP) is 2.08. The first kappa shape index (κ1) is 17.1. The number of anilines is 1. The number of hydrogen-bond acceptors (Lipinski definition) is 4. The molecule has 0 unspecified atom stereocenters. The Hall–Kier alpha value is -2.70. The fourth-order valence-electron chi connectivity index (χ4n) is 3.52. The molecule has 2 aliphatic rings. The molecule has 0 bridgehead atoms. The Morgan fingerprint density at radius 2 is 1.88 bits per heavy atom. The highest BCUT2D eigenvalue weighted by Crippen LogP contribution is 2.35. The van der Waals surface area contributed by atoms with Crippen LogP contribution < -0.4 is 10.6 Å². The van der Waals surface area contributed by atoms with Crippen molar-refractivity contribution in [3.8, 4) is 0 Å². The maximum Gasteiger partial charge on any atom is 0.325 e. The highest BCUT2D eigenvalue weighted by molar-refractivity contribution is 6.08. The molecule has 2 fully saturated rings. The van der Waals surface area contributed by atoms with Crippen molar-refractivity contribution in [1.29, 1.82) is 0 Å². The summed E-state index contributed by atoms with van der Waals surface area (Å²) in [5.41, 5.74) is 0.106. The van der Waals surface area contributed by atoms with E-state index in [0.717, 1.165) is 17.7 Å². The number of benzene rings is 1. The zero-order valence-corrected chi connectivity index (χ0v) is 14.1. The summed E-state index contributed by atoms with van der Waals surface area (Å²) in [5.74, 6) is -0.721. The second kappa shape index (κ2) is 6.66. The zero-order valence-electron chi connectivity index (χ0n) is 14.1. The van der Waals surface area contributed by atoms with Gasteiger partial charge in [0.15, 0.2) is 5.78 Å². The third kappa shape index (κ3) is 3.26. The minimum absolute atomic E-state index is 0.0124. The van der Waals surface area contributed by atoms with E-state index >= 15 is 0 Å². The standard InChI is InChI=1S/C18H21N3O4/c1-12(22)13-6-2-3-7-14(13)19-15(23)8-11-21-16(24)18(20-17(21)25)9-4-5-10-18/h2-3,6-7H,4-5,8-11H2,1H3,(H,19,23)(H,20,25). The van der Waals surface area contributed by atoms with Gasteiger partial charge in [-0.05, 0) is 31.9 Å². The largest absolute Gasteiger partial charge is 0.325 e. The number of para-hydroxylation sites is 1. The van der Waals surface area contributed by atoms with Gasteiger partial charge < -0.3 is 10.6 Å². The van der Waals surface area contributed by atoms with Crippen molar-refractivity contribution in [3.63, 3.8) is 0 Å². The number of urea groups is 1. The Morgan fingerprint density at radius 3 is 2.56 bits per heavy atom. The number of imide groups is 1. The summed E-state index contributed by atoms with van der Waals surface area (Å²) in [4.78, 5) is 49.5. The number of Topliss-reactive ketones (excluding diaryl/α,β-unsaturated/α-hetero) is 1. The van der Waals surface area contributed by atoms with Gasteiger partial charge in [0, 0.05) is 18.5 Å². The lowest BCUT2D eigenvalue weighted by Crippen LogP contribution is -2.44. The molecule has 4 amide bonds. The molecule has 1 spiro atoms. The highest BCUT2D eigenvalue weighted by Gasteiger charge is 2.52. The molecule has 132 valence electrons. The van der Waals surface area contributed by atoms with Gasteiger partial charge in [-0.25, -0.2) is 4.79 Å². The molecule has 1 saturated carbocycles. The number of rotatable bonds is 5. The van der Waals surface area contributed by atoms with Crippen LogP contribution in [-0.2, 0) is 9.59 Å². The SMILES string of the molecule is CC(=O)c1ccccc1NC(=O)CCN1C(=O)NC2(CCCC2)C1=O. The van der Waals surface area contributed by atoms with Crippen molar-refractivity contribution < 1.29 is 19.2 Å². The highest BCUT2D eigenvalue weighted by atomic mass is 16.2. The molecular formula is C18H21N3O4. The number of nitrogens with zero attached hydrogens (tertiary/aromatic N) is 1. The molecule has 25 heavy (non-hydrogen) atoms. The van der Waals surface area contributed by atoms with Crippen LogP contribution in [0.15, 0.2) is 24.3 Å². The van der Waals surface area contributed by atoms with Gasteiger partial charge in [0.2, 0.25) is 5.91 Å². The van der Waals surface area contributed by atoms with Gasteiger partial charge in [-0.15, -0.1) is 0 Å². The molecule has 1 aliphatic carbocycles. The monoisotopic (exact) mass is 343 g/mol. The van der Waals surface area contributed by atoms with Crippen LogP contribution in [0, 0.1) is 0 Å². The van der Waals surface area contributed by atoms with Crippen molar-refractivity contribution in [1.82, 2.24) is 10.2 Å². The molecule has 1 aliphatic heterocycles. The van der Waals surface area contributed by atoms with Gasteiger partial charge in [-0.3, -0.25) is 19.3 Å². The molecule has 2 N–H and O–H groups in total. The minimum Gasteiger partial charge on any atom is -0.325 e. The van der Waals surface area contributed by atoms with E-state index in [1.807, 2.05) is 0 Å². The number of hydrogen-bond donors (Lipinski definition) is 2. The van der Waals surface area contributed by atoms with E-state index in [4.69, 9.17) is 0 Å². The van der Waals surface area contributed by atoms with Crippen LogP contribution in [0.5, 0.6) is 0 Å². The fraction of sp³-hybridized carbons (Fsp3) is 0.444. The molecule has 0 atom stereocenters. The summed E-state index contributed by atoms with van der Waals surface area (Å²) in [6.07, 6.45) is 3.14. The lowest BCUT2D eigenvalue weighted by atomic mass is 9.98. The second-order valence-corrected chi connectivity index (χ2v) is 6.58. The second-order valence-electron chi connectivity index (χ2n) is 6.58. The smallest absolute Gasteiger partial charge is 0.325 e. The lowest BCUT2D eigenvalue weighted by Gasteiger charge is -2.20. The van der Waals surface area contributed by atoms with E-state index in [1.54, 1.807) is 24.3 Å². The first-order valence-corrected chi connectivity index (χ1v) is 8.47. The summed E-state index contributed by atoms with van der Waals surface area (Å²) < 4.78 is 0. The van der Waals surface area contributed by atoms with Gasteiger partial charge in [0.05, 0.1) is 5.69 Å². The Labute approximate surface area is 145 Å². The molecule has 7 heteroatoms. The van der Waals surface area contributed by atoms with Crippen LogP contribution in [-0.4, -0.2) is 40.6 Å².